The van der Waals surface area contributed by atoms with E-state index < -0.39 is 11.8 Å². The number of hydrogen-bond donors (Lipinski definition) is 2. The molecule has 1 aliphatic heterocycles. The van der Waals surface area contributed by atoms with Gasteiger partial charge in [0.2, 0.25) is 0 Å². The highest BCUT2D eigenvalue weighted by Gasteiger charge is 2.10. The number of anilines is 2. The zero-order valence-corrected chi connectivity index (χ0v) is 13.6. The highest BCUT2D eigenvalue weighted by molar-refractivity contribution is 5.99. The van der Waals surface area contributed by atoms with Gasteiger partial charge in [0.25, 0.3) is 0 Å². The summed E-state index contributed by atoms with van der Waals surface area (Å²) in [6, 6.07) is 13.4. The van der Waals surface area contributed by atoms with Crippen LogP contribution in [-0.4, -0.2) is 24.0 Å². The van der Waals surface area contributed by atoms with E-state index in [-0.39, 0.29) is 5.69 Å². The quantitative estimate of drug-likeness (QED) is 0.871. The molecule has 2 amide bonds. The van der Waals surface area contributed by atoms with Crippen molar-refractivity contribution in [2.45, 2.75) is 25.8 Å². The van der Waals surface area contributed by atoms with Crippen LogP contribution in [0.15, 0.2) is 48.5 Å². The molecular weight excluding hydrogens is 305 g/mol. The molecular formula is C19H22FN3O. The van der Waals surface area contributed by atoms with E-state index in [1.807, 2.05) is 24.3 Å². The number of halogens is 1. The van der Waals surface area contributed by atoms with Crippen molar-refractivity contribution in [2.75, 3.05) is 23.7 Å². The minimum atomic E-state index is -0.455. The lowest BCUT2D eigenvalue weighted by atomic mass is 10.1. The third-order valence-corrected chi connectivity index (χ3v) is 4.19. The van der Waals surface area contributed by atoms with Gasteiger partial charge in [0, 0.05) is 12.2 Å². The van der Waals surface area contributed by atoms with Crippen molar-refractivity contribution in [2.24, 2.45) is 0 Å². The van der Waals surface area contributed by atoms with E-state index in [0.717, 1.165) is 19.6 Å². The molecule has 5 heteroatoms. The third kappa shape index (κ3) is 4.55. The van der Waals surface area contributed by atoms with Crippen LogP contribution < -0.4 is 10.6 Å². The molecule has 4 nitrogen and oxygen atoms in total. The van der Waals surface area contributed by atoms with Crippen LogP contribution in [0.25, 0.3) is 0 Å². The number of para-hydroxylation sites is 1. The van der Waals surface area contributed by atoms with E-state index in [0.29, 0.717) is 5.69 Å². The summed E-state index contributed by atoms with van der Waals surface area (Å²) in [6.07, 6.45) is 3.88. The first-order valence-corrected chi connectivity index (χ1v) is 8.34. The second-order valence-corrected chi connectivity index (χ2v) is 6.09. The number of piperidine rings is 1. The van der Waals surface area contributed by atoms with Gasteiger partial charge in [-0.15, -0.1) is 0 Å². The fraction of sp³-hybridized carbons (Fsp3) is 0.316. The Morgan fingerprint density at radius 2 is 1.67 bits per heavy atom. The fourth-order valence-electron chi connectivity index (χ4n) is 2.92. The Morgan fingerprint density at radius 1 is 0.958 bits per heavy atom. The minimum absolute atomic E-state index is 0.164. The molecule has 2 aromatic carbocycles. The number of benzene rings is 2. The minimum Gasteiger partial charge on any atom is -0.308 e. The number of urea groups is 1. The Hall–Kier alpha value is -2.40. The number of carbonyl (C=O) groups is 1. The normalized spacial score (nSPS) is 15.0. The highest BCUT2D eigenvalue weighted by atomic mass is 19.1. The van der Waals surface area contributed by atoms with Crippen LogP contribution in [0.1, 0.15) is 24.8 Å². The van der Waals surface area contributed by atoms with Crippen molar-refractivity contribution in [1.29, 1.82) is 0 Å². The van der Waals surface area contributed by atoms with Crippen molar-refractivity contribution >= 4 is 17.4 Å². The number of nitrogens with one attached hydrogen (secondary N) is 2. The van der Waals surface area contributed by atoms with Gasteiger partial charge in [0.15, 0.2) is 0 Å². The number of amides is 2. The van der Waals surface area contributed by atoms with Crippen molar-refractivity contribution in [3.8, 4) is 0 Å². The van der Waals surface area contributed by atoms with Gasteiger partial charge < -0.3 is 10.6 Å². The second-order valence-electron chi connectivity index (χ2n) is 6.09. The molecule has 3 rings (SSSR count). The van der Waals surface area contributed by atoms with Crippen LogP contribution in [0.5, 0.6) is 0 Å². The molecule has 1 heterocycles. The Balaban J connectivity index is 1.53. The largest absolute Gasteiger partial charge is 0.323 e. The van der Waals surface area contributed by atoms with Crippen LogP contribution in [-0.2, 0) is 6.54 Å². The monoisotopic (exact) mass is 327 g/mol. The van der Waals surface area contributed by atoms with E-state index in [9.17, 15) is 9.18 Å². The molecule has 1 saturated heterocycles. The van der Waals surface area contributed by atoms with E-state index >= 15 is 0 Å². The van der Waals surface area contributed by atoms with E-state index in [1.165, 1.54) is 37.0 Å². The molecule has 0 atom stereocenters. The molecule has 2 N–H and O–H groups in total. The lowest BCUT2D eigenvalue weighted by molar-refractivity contribution is 0.221. The number of nitrogens with zero attached hydrogens (tertiary/aromatic N) is 1. The zero-order chi connectivity index (χ0) is 16.8. The number of likely N-dealkylation sites (tertiary alicyclic amines) is 1. The fourth-order valence-corrected chi connectivity index (χ4v) is 2.92. The van der Waals surface area contributed by atoms with Gasteiger partial charge in [-0.25, -0.2) is 9.18 Å². The van der Waals surface area contributed by atoms with Crippen molar-refractivity contribution in [1.82, 2.24) is 4.90 Å². The predicted molar refractivity (Wildman–Crippen MR) is 94.6 cm³/mol. The maximum Gasteiger partial charge on any atom is 0.323 e. The van der Waals surface area contributed by atoms with E-state index in [4.69, 9.17) is 0 Å². The number of hydrogen-bond acceptors (Lipinski definition) is 2. The summed E-state index contributed by atoms with van der Waals surface area (Å²) in [5, 5.41) is 5.22. The highest BCUT2D eigenvalue weighted by Crippen LogP contribution is 2.16. The summed E-state index contributed by atoms with van der Waals surface area (Å²) >= 11 is 0. The average molecular weight is 327 g/mol. The molecule has 2 aromatic rings. The summed E-state index contributed by atoms with van der Waals surface area (Å²) in [5.74, 6) is -0.454. The summed E-state index contributed by atoms with van der Waals surface area (Å²) < 4.78 is 13.5. The van der Waals surface area contributed by atoms with Crippen LogP contribution >= 0.6 is 0 Å². The first-order chi connectivity index (χ1) is 11.7. The SMILES string of the molecule is O=C(Nc1ccc(CN2CCCCC2)cc1)Nc1ccccc1F. The van der Waals surface area contributed by atoms with Crippen molar-refractivity contribution in [3.63, 3.8) is 0 Å². The van der Waals surface area contributed by atoms with Gasteiger partial charge in [0.05, 0.1) is 5.69 Å². The van der Waals surface area contributed by atoms with Gasteiger partial charge in [0.1, 0.15) is 5.82 Å². The van der Waals surface area contributed by atoms with E-state index in [1.54, 1.807) is 12.1 Å². The number of carbonyl (C=O) groups excluding carboxylic acids is 1. The van der Waals surface area contributed by atoms with Crippen LogP contribution in [0.2, 0.25) is 0 Å². The molecule has 0 radical (unpaired) electrons. The number of rotatable bonds is 4. The zero-order valence-electron chi connectivity index (χ0n) is 13.6. The second kappa shape index (κ2) is 7.93. The Morgan fingerprint density at radius 3 is 2.38 bits per heavy atom. The van der Waals surface area contributed by atoms with Gasteiger partial charge in [-0.3, -0.25) is 4.90 Å². The summed E-state index contributed by atoms with van der Waals surface area (Å²) in [7, 11) is 0. The molecule has 126 valence electrons. The van der Waals surface area contributed by atoms with Crippen LogP contribution in [0.3, 0.4) is 0 Å². The molecule has 0 aliphatic carbocycles. The molecule has 0 spiro atoms. The van der Waals surface area contributed by atoms with Crippen molar-refractivity contribution < 1.29 is 9.18 Å². The molecule has 0 saturated carbocycles. The average Bonchev–Trinajstić information content (AvgIpc) is 2.60. The molecule has 0 bridgehead atoms. The lowest BCUT2D eigenvalue weighted by Crippen LogP contribution is -2.29. The molecule has 0 aromatic heterocycles. The smallest absolute Gasteiger partial charge is 0.308 e. The van der Waals surface area contributed by atoms with Gasteiger partial charge in [-0.2, -0.15) is 0 Å². The molecule has 0 unspecified atom stereocenters. The standard InChI is InChI=1S/C19H22FN3O/c20-17-6-2-3-7-18(17)22-19(24)21-16-10-8-15(9-11-16)14-23-12-4-1-5-13-23/h2-3,6-11H,1,4-5,12-14H2,(H2,21,22,24). The third-order valence-electron chi connectivity index (χ3n) is 4.19. The summed E-state index contributed by atoms with van der Waals surface area (Å²) in [4.78, 5) is 14.4. The molecule has 1 aliphatic rings. The topological polar surface area (TPSA) is 44.4 Å². The van der Waals surface area contributed by atoms with Gasteiger partial charge in [-0.05, 0) is 55.8 Å². The summed E-state index contributed by atoms with van der Waals surface area (Å²) in [6.45, 7) is 3.26. The first-order valence-electron chi connectivity index (χ1n) is 8.34. The molecule has 24 heavy (non-hydrogen) atoms. The van der Waals surface area contributed by atoms with Crippen molar-refractivity contribution in [3.05, 3.63) is 59.9 Å². The van der Waals surface area contributed by atoms with Crippen LogP contribution in [0.4, 0.5) is 20.6 Å². The van der Waals surface area contributed by atoms with Gasteiger partial charge in [-0.1, -0.05) is 30.7 Å². The lowest BCUT2D eigenvalue weighted by Gasteiger charge is -2.26. The molecule has 1 fully saturated rings. The first kappa shape index (κ1) is 16.5. The van der Waals surface area contributed by atoms with Crippen LogP contribution in [0, 0.1) is 5.82 Å². The maximum atomic E-state index is 13.5. The predicted octanol–water partition coefficient (Wildman–Crippen LogP) is 4.46. The van der Waals surface area contributed by atoms with E-state index in [2.05, 4.69) is 15.5 Å². The summed E-state index contributed by atoms with van der Waals surface area (Å²) in [5.41, 5.74) is 2.08. The Bertz CT molecular complexity index is 681. The maximum absolute atomic E-state index is 13.5. The Labute approximate surface area is 141 Å². The Kier molecular flexibility index (Phi) is 5.43. The van der Waals surface area contributed by atoms with Gasteiger partial charge >= 0.3 is 6.03 Å².